The van der Waals surface area contributed by atoms with E-state index in [-0.39, 0.29) is 30.7 Å². The molecule has 2 N–H and O–H groups in total. The van der Waals surface area contributed by atoms with Gasteiger partial charge in [-0.25, -0.2) is 4.98 Å². The van der Waals surface area contributed by atoms with Gasteiger partial charge >= 0.3 is 0 Å². The molecule has 2 heterocycles. The summed E-state index contributed by atoms with van der Waals surface area (Å²) in [6.07, 6.45) is 2.87. The van der Waals surface area contributed by atoms with Crippen LogP contribution in [0.1, 0.15) is 12.8 Å². The molecule has 1 amide bonds. The van der Waals surface area contributed by atoms with Crippen molar-refractivity contribution in [2.45, 2.75) is 18.4 Å². The fourth-order valence-electron chi connectivity index (χ4n) is 2.28. The summed E-state index contributed by atoms with van der Waals surface area (Å²) in [5.74, 6) is 0.399. The van der Waals surface area contributed by atoms with Crippen LogP contribution in [-0.4, -0.2) is 49.8 Å². The number of hydrogen-bond acceptors (Lipinski definition) is 5. The van der Waals surface area contributed by atoms with Crippen LogP contribution in [0.15, 0.2) is 18.3 Å². The normalized spacial score (nSPS) is 15.7. The van der Waals surface area contributed by atoms with Gasteiger partial charge in [-0.3, -0.25) is 4.79 Å². The van der Waals surface area contributed by atoms with Gasteiger partial charge in [0, 0.05) is 19.4 Å². The fraction of sp³-hybridized carbons (Fsp3) is 0.571. The minimum absolute atomic E-state index is 0. The lowest BCUT2D eigenvalue weighted by atomic mass is 9.91. The van der Waals surface area contributed by atoms with Gasteiger partial charge in [-0.2, -0.15) is 0 Å². The molecule has 1 aromatic heterocycles. The standard InChI is InChI=1S/C14H20ClN3O3.2ClH/c1-20-14(4-6-16-7-5-14)13(19)17-8-9-21-12-3-2-11(15)10-18-12;;/h2-3,10,16H,4-9H2,1H3,(H,17,19);2*1H. The molecule has 0 radical (unpaired) electrons. The zero-order valence-corrected chi connectivity index (χ0v) is 15.2. The number of hydrogen-bond donors (Lipinski definition) is 2. The Hall–Kier alpha value is -0.790. The lowest BCUT2D eigenvalue weighted by Gasteiger charge is -2.34. The second kappa shape index (κ2) is 10.9. The van der Waals surface area contributed by atoms with Crippen molar-refractivity contribution in [1.29, 1.82) is 0 Å². The molecule has 0 bridgehead atoms. The van der Waals surface area contributed by atoms with Crippen LogP contribution >= 0.6 is 36.4 Å². The van der Waals surface area contributed by atoms with Gasteiger partial charge in [-0.15, -0.1) is 24.8 Å². The largest absolute Gasteiger partial charge is 0.476 e. The number of rotatable bonds is 6. The highest BCUT2D eigenvalue weighted by Gasteiger charge is 2.39. The van der Waals surface area contributed by atoms with Crippen molar-refractivity contribution in [3.05, 3.63) is 23.4 Å². The number of nitrogens with one attached hydrogen (secondary N) is 2. The zero-order chi connectivity index (χ0) is 15.1. The first-order valence-corrected chi connectivity index (χ1v) is 7.33. The Bertz CT molecular complexity index is 468. The highest BCUT2D eigenvalue weighted by Crippen LogP contribution is 2.22. The molecule has 0 saturated carbocycles. The van der Waals surface area contributed by atoms with Crippen LogP contribution in [0.3, 0.4) is 0 Å². The Balaban J connectivity index is 0.00000242. The van der Waals surface area contributed by atoms with Crippen LogP contribution in [0.2, 0.25) is 5.02 Å². The molecule has 0 aliphatic carbocycles. The quantitative estimate of drug-likeness (QED) is 0.730. The van der Waals surface area contributed by atoms with Crippen molar-refractivity contribution in [3.63, 3.8) is 0 Å². The average molecular weight is 387 g/mol. The maximum Gasteiger partial charge on any atom is 0.252 e. The van der Waals surface area contributed by atoms with Gasteiger partial charge in [0.25, 0.3) is 5.91 Å². The molecule has 23 heavy (non-hydrogen) atoms. The minimum atomic E-state index is -0.718. The number of amides is 1. The summed E-state index contributed by atoms with van der Waals surface area (Å²) in [7, 11) is 1.58. The number of methoxy groups -OCH3 is 1. The van der Waals surface area contributed by atoms with Crippen molar-refractivity contribution < 1.29 is 14.3 Å². The first kappa shape index (κ1) is 22.2. The van der Waals surface area contributed by atoms with Crippen molar-refractivity contribution in [3.8, 4) is 5.88 Å². The Morgan fingerprint density at radius 2 is 2.09 bits per heavy atom. The molecule has 0 spiro atoms. The summed E-state index contributed by atoms with van der Waals surface area (Å²) in [5, 5.41) is 6.63. The number of ether oxygens (including phenoxy) is 2. The highest BCUT2D eigenvalue weighted by molar-refractivity contribution is 6.30. The Labute approximate surface area is 153 Å². The number of nitrogens with zero attached hydrogens (tertiary/aromatic N) is 1. The highest BCUT2D eigenvalue weighted by atomic mass is 35.5. The van der Waals surface area contributed by atoms with Crippen LogP contribution in [-0.2, 0) is 9.53 Å². The molecule has 2 rings (SSSR count). The van der Waals surface area contributed by atoms with Crippen molar-refractivity contribution >= 4 is 42.3 Å². The van der Waals surface area contributed by atoms with Crippen LogP contribution < -0.4 is 15.4 Å². The number of piperidine rings is 1. The topological polar surface area (TPSA) is 72.5 Å². The molecule has 0 atom stereocenters. The van der Waals surface area contributed by atoms with Gasteiger partial charge in [-0.1, -0.05) is 11.6 Å². The number of pyridine rings is 1. The Morgan fingerprint density at radius 3 is 2.65 bits per heavy atom. The van der Waals surface area contributed by atoms with E-state index in [1.165, 1.54) is 6.20 Å². The lowest BCUT2D eigenvalue weighted by Crippen LogP contribution is -2.54. The third-order valence-corrected chi connectivity index (χ3v) is 3.78. The number of halogens is 3. The predicted octanol–water partition coefficient (Wildman–Crippen LogP) is 1.84. The second-order valence-electron chi connectivity index (χ2n) is 4.87. The van der Waals surface area contributed by atoms with Gasteiger partial charge in [0.15, 0.2) is 0 Å². The third-order valence-electron chi connectivity index (χ3n) is 3.55. The van der Waals surface area contributed by atoms with E-state index in [0.29, 0.717) is 36.9 Å². The third kappa shape index (κ3) is 6.31. The van der Waals surface area contributed by atoms with Crippen LogP contribution in [0.4, 0.5) is 0 Å². The average Bonchev–Trinajstić information content (AvgIpc) is 2.53. The van der Waals surface area contributed by atoms with Gasteiger partial charge in [0.2, 0.25) is 5.88 Å². The molecule has 1 aromatic rings. The molecule has 1 aliphatic heterocycles. The molecule has 9 heteroatoms. The summed E-state index contributed by atoms with van der Waals surface area (Å²) in [5.41, 5.74) is -0.718. The number of carbonyl (C=O) groups is 1. The van der Waals surface area contributed by atoms with E-state index >= 15 is 0 Å². The van der Waals surface area contributed by atoms with Crippen LogP contribution in [0.5, 0.6) is 5.88 Å². The van der Waals surface area contributed by atoms with Crippen LogP contribution in [0, 0.1) is 0 Å². The Kier molecular flexibility index (Phi) is 10.5. The molecular formula is C14H22Cl3N3O3. The molecule has 0 unspecified atom stereocenters. The van der Waals surface area contributed by atoms with E-state index in [1.54, 1.807) is 19.2 Å². The van der Waals surface area contributed by atoms with E-state index in [9.17, 15) is 4.79 Å². The first-order chi connectivity index (χ1) is 10.2. The maximum absolute atomic E-state index is 12.3. The van der Waals surface area contributed by atoms with Crippen molar-refractivity contribution in [2.75, 3.05) is 33.4 Å². The van der Waals surface area contributed by atoms with Crippen molar-refractivity contribution in [1.82, 2.24) is 15.6 Å². The van der Waals surface area contributed by atoms with Crippen molar-refractivity contribution in [2.24, 2.45) is 0 Å². The first-order valence-electron chi connectivity index (χ1n) is 6.95. The molecular weight excluding hydrogens is 365 g/mol. The smallest absolute Gasteiger partial charge is 0.252 e. The molecule has 1 fully saturated rings. The van der Waals surface area contributed by atoms with Gasteiger partial charge in [0.1, 0.15) is 12.2 Å². The number of carbonyl (C=O) groups excluding carboxylic acids is 1. The summed E-state index contributed by atoms with van der Waals surface area (Å²) >= 11 is 5.74. The second-order valence-corrected chi connectivity index (χ2v) is 5.30. The SMILES string of the molecule is COC1(C(=O)NCCOc2ccc(Cl)cn2)CCNCC1.Cl.Cl. The molecule has 1 aliphatic rings. The lowest BCUT2D eigenvalue weighted by molar-refractivity contribution is -0.146. The summed E-state index contributed by atoms with van der Waals surface area (Å²) in [6.45, 7) is 2.32. The molecule has 132 valence electrons. The van der Waals surface area contributed by atoms with E-state index in [0.717, 1.165) is 13.1 Å². The van der Waals surface area contributed by atoms with E-state index in [1.807, 2.05) is 0 Å². The molecule has 1 saturated heterocycles. The summed E-state index contributed by atoms with van der Waals surface area (Å²) in [6, 6.07) is 3.39. The predicted molar refractivity (Wildman–Crippen MR) is 94.1 cm³/mol. The van der Waals surface area contributed by atoms with E-state index in [2.05, 4.69) is 15.6 Å². The van der Waals surface area contributed by atoms with Crippen LogP contribution in [0.25, 0.3) is 0 Å². The summed E-state index contributed by atoms with van der Waals surface area (Å²) < 4.78 is 10.9. The van der Waals surface area contributed by atoms with E-state index < -0.39 is 5.60 Å². The number of aromatic nitrogens is 1. The molecule has 0 aromatic carbocycles. The zero-order valence-electron chi connectivity index (χ0n) is 12.8. The minimum Gasteiger partial charge on any atom is -0.476 e. The molecule has 6 nitrogen and oxygen atoms in total. The van der Waals surface area contributed by atoms with Gasteiger partial charge in [0.05, 0.1) is 11.6 Å². The fourth-order valence-corrected chi connectivity index (χ4v) is 2.40. The van der Waals surface area contributed by atoms with E-state index in [4.69, 9.17) is 21.1 Å². The summed E-state index contributed by atoms with van der Waals surface area (Å²) in [4.78, 5) is 16.3. The monoisotopic (exact) mass is 385 g/mol. The van der Waals surface area contributed by atoms with Gasteiger partial charge < -0.3 is 20.1 Å². The Morgan fingerprint density at radius 1 is 1.39 bits per heavy atom. The van der Waals surface area contributed by atoms with Gasteiger partial charge in [-0.05, 0) is 32.0 Å². The maximum atomic E-state index is 12.3.